The number of azide groups is 1. The van der Waals surface area contributed by atoms with Crippen molar-refractivity contribution in [3.05, 3.63) is 34.2 Å². The Labute approximate surface area is 73.8 Å². The normalized spacial score (nSPS) is 8.92. The zero-order chi connectivity index (χ0) is 9.84. The van der Waals surface area contributed by atoms with Crippen LogP contribution in [-0.4, -0.2) is 5.91 Å². The Kier molecular flexibility index (Phi) is 2.37. The van der Waals surface area contributed by atoms with Gasteiger partial charge >= 0.3 is 0 Å². The third-order valence-corrected chi connectivity index (χ3v) is 1.47. The number of rotatable bonds is 2. The van der Waals surface area contributed by atoms with Gasteiger partial charge in [0.15, 0.2) is 0 Å². The Hall–Kier alpha value is -2.20. The van der Waals surface area contributed by atoms with Crippen molar-refractivity contribution in [1.82, 2.24) is 0 Å². The van der Waals surface area contributed by atoms with Crippen LogP contribution >= 0.6 is 0 Å². The summed E-state index contributed by atoms with van der Waals surface area (Å²) in [4.78, 5) is 13.4. The molecular weight excluding hydrogens is 170 g/mol. The highest BCUT2D eigenvalue weighted by atomic mass is 16.1. The van der Waals surface area contributed by atoms with Crippen LogP contribution in [0.2, 0.25) is 0 Å². The summed E-state index contributed by atoms with van der Waals surface area (Å²) in [6.45, 7) is 0. The van der Waals surface area contributed by atoms with E-state index in [1.807, 2.05) is 0 Å². The van der Waals surface area contributed by atoms with E-state index in [9.17, 15) is 4.79 Å². The van der Waals surface area contributed by atoms with E-state index in [4.69, 9.17) is 17.0 Å². The van der Waals surface area contributed by atoms with Crippen LogP contribution in [0, 0.1) is 0 Å². The molecule has 1 rings (SSSR count). The molecule has 0 aliphatic carbocycles. The van der Waals surface area contributed by atoms with E-state index >= 15 is 0 Å². The standard InChI is InChI=1S/C7H7N5O/c8-4-2-1-3-5(11-12-10)6(4)7(9)13/h1-3H,8H2,(H2,9,13). The highest BCUT2D eigenvalue weighted by Crippen LogP contribution is 2.23. The van der Waals surface area contributed by atoms with Crippen LogP contribution in [0.4, 0.5) is 11.4 Å². The molecule has 0 unspecified atom stereocenters. The van der Waals surface area contributed by atoms with Crippen LogP contribution in [0.3, 0.4) is 0 Å². The van der Waals surface area contributed by atoms with E-state index in [0.717, 1.165) is 0 Å². The molecule has 1 amide bonds. The lowest BCUT2D eigenvalue weighted by Crippen LogP contribution is -2.13. The first-order chi connectivity index (χ1) is 6.16. The fraction of sp³-hybridized carbons (Fsp3) is 0. The Balaban J connectivity index is 3.42. The summed E-state index contributed by atoms with van der Waals surface area (Å²) in [5, 5.41) is 3.29. The van der Waals surface area contributed by atoms with E-state index in [2.05, 4.69) is 10.0 Å². The first-order valence-electron chi connectivity index (χ1n) is 3.40. The minimum Gasteiger partial charge on any atom is -0.398 e. The highest BCUT2D eigenvalue weighted by Gasteiger charge is 2.09. The predicted molar refractivity (Wildman–Crippen MR) is 48.2 cm³/mol. The van der Waals surface area contributed by atoms with Crippen LogP contribution in [0.1, 0.15) is 10.4 Å². The molecule has 6 nitrogen and oxygen atoms in total. The van der Waals surface area contributed by atoms with Crippen LogP contribution in [0.25, 0.3) is 10.4 Å². The maximum atomic E-state index is 10.9. The smallest absolute Gasteiger partial charge is 0.251 e. The molecule has 0 aliphatic rings. The van der Waals surface area contributed by atoms with Crippen molar-refractivity contribution in [1.29, 1.82) is 0 Å². The minimum atomic E-state index is -0.708. The minimum absolute atomic E-state index is 0.0558. The van der Waals surface area contributed by atoms with Gasteiger partial charge in [-0.15, -0.1) is 0 Å². The van der Waals surface area contributed by atoms with Crippen molar-refractivity contribution in [2.24, 2.45) is 10.8 Å². The van der Waals surface area contributed by atoms with Crippen LogP contribution in [-0.2, 0) is 0 Å². The molecule has 0 radical (unpaired) electrons. The molecule has 0 aliphatic heterocycles. The molecule has 1 aromatic carbocycles. The quantitative estimate of drug-likeness (QED) is 0.306. The molecule has 66 valence electrons. The molecular formula is C7H7N5O. The molecule has 0 aromatic heterocycles. The number of nitrogens with zero attached hydrogens (tertiary/aromatic N) is 3. The zero-order valence-electron chi connectivity index (χ0n) is 6.64. The average molecular weight is 177 g/mol. The molecule has 0 spiro atoms. The molecule has 0 saturated carbocycles. The van der Waals surface area contributed by atoms with E-state index in [1.54, 1.807) is 6.07 Å². The Morgan fingerprint density at radius 3 is 2.77 bits per heavy atom. The lowest BCUT2D eigenvalue weighted by atomic mass is 10.1. The maximum absolute atomic E-state index is 10.9. The monoisotopic (exact) mass is 177 g/mol. The number of carbonyl (C=O) groups is 1. The first kappa shape index (κ1) is 8.89. The van der Waals surface area contributed by atoms with Crippen molar-refractivity contribution >= 4 is 17.3 Å². The Bertz CT molecular complexity index is 394. The summed E-state index contributed by atoms with van der Waals surface area (Å²) in [5.41, 5.74) is 19.1. The second-order valence-corrected chi connectivity index (χ2v) is 2.30. The van der Waals surface area contributed by atoms with Gasteiger partial charge in [0.1, 0.15) is 0 Å². The number of nitrogen functional groups attached to an aromatic ring is 1. The van der Waals surface area contributed by atoms with E-state index in [1.165, 1.54) is 12.1 Å². The Morgan fingerprint density at radius 1 is 1.54 bits per heavy atom. The fourth-order valence-corrected chi connectivity index (χ4v) is 0.957. The summed E-state index contributed by atoms with van der Waals surface area (Å²) in [7, 11) is 0. The topological polar surface area (TPSA) is 118 Å². The molecule has 0 fully saturated rings. The van der Waals surface area contributed by atoms with Crippen LogP contribution in [0.15, 0.2) is 23.3 Å². The molecule has 0 heterocycles. The first-order valence-corrected chi connectivity index (χ1v) is 3.40. The van der Waals surface area contributed by atoms with Crippen molar-refractivity contribution in [3.8, 4) is 0 Å². The van der Waals surface area contributed by atoms with E-state index in [0.29, 0.717) is 0 Å². The Morgan fingerprint density at radius 2 is 2.23 bits per heavy atom. The van der Waals surface area contributed by atoms with Gasteiger partial charge in [0.05, 0.1) is 11.3 Å². The molecule has 4 N–H and O–H groups in total. The number of carbonyl (C=O) groups excluding carboxylic acids is 1. The number of benzene rings is 1. The number of amides is 1. The van der Waals surface area contributed by atoms with Crippen molar-refractivity contribution in [3.63, 3.8) is 0 Å². The lowest BCUT2D eigenvalue weighted by molar-refractivity contribution is 0.100. The van der Waals surface area contributed by atoms with Crippen molar-refractivity contribution in [2.45, 2.75) is 0 Å². The van der Waals surface area contributed by atoms with Crippen molar-refractivity contribution in [2.75, 3.05) is 5.73 Å². The summed E-state index contributed by atoms with van der Waals surface area (Å²) < 4.78 is 0. The fourth-order valence-electron chi connectivity index (χ4n) is 0.957. The maximum Gasteiger partial charge on any atom is 0.251 e. The number of anilines is 1. The number of hydrogen-bond acceptors (Lipinski definition) is 3. The summed E-state index contributed by atoms with van der Waals surface area (Å²) in [6.07, 6.45) is 0. The molecule has 13 heavy (non-hydrogen) atoms. The lowest BCUT2D eigenvalue weighted by Gasteiger charge is -2.03. The summed E-state index contributed by atoms with van der Waals surface area (Å²) in [6, 6.07) is 4.55. The SMILES string of the molecule is [N-]=[N+]=Nc1cccc(N)c1C(N)=O. The predicted octanol–water partition coefficient (Wildman–Crippen LogP) is 1.31. The van der Waals surface area contributed by atoms with Gasteiger partial charge in [-0.2, -0.15) is 0 Å². The summed E-state index contributed by atoms with van der Waals surface area (Å²) >= 11 is 0. The molecule has 0 bridgehead atoms. The number of hydrogen-bond donors (Lipinski definition) is 2. The summed E-state index contributed by atoms with van der Waals surface area (Å²) in [5.74, 6) is -0.708. The largest absolute Gasteiger partial charge is 0.398 e. The van der Waals surface area contributed by atoms with Crippen LogP contribution in [0.5, 0.6) is 0 Å². The molecule has 1 aromatic rings. The second kappa shape index (κ2) is 3.46. The van der Waals surface area contributed by atoms with Gasteiger partial charge < -0.3 is 11.5 Å². The third kappa shape index (κ3) is 1.69. The van der Waals surface area contributed by atoms with Gasteiger partial charge in [-0.05, 0) is 11.6 Å². The van der Waals surface area contributed by atoms with Gasteiger partial charge in [-0.3, -0.25) is 4.79 Å². The van der Waals surface area contributed by atoms with E-state index < -0.39 is 5.91 Å². The molecule has 0 saturated heterocycles. The van der Waals surface area contributed by atoms with Gasteiger partial charge in [0, 0.05) is 10.6 Å². The van der Waals surface area contributed by atoms with Gasteiger partial charge in [-0.25, -0.2) is 0 Å². The second-order valence-electron chi connectivity index (χ2n) is 2.30. The molecule has 0 atom stereocenters. The number of nitrogens with two attached hydrogens (primary N) is 2. The third-order valence-electron chi connectivity index (χ3n) is 1.47. The van der Waals surface area contributed by atoms with Crippen molar-refractivity contribution < 1.29 is 4.79 Å². The van der Waals surface area contributed by atoms with Gasteiger partial charge in [0.25, 0.3) is 5.91 Å². The van der Waals surface area contributed by atoms with E-state index in [-0.39, 0.29) is 16.9 Å². The number of primary amides is 1. The zero-order valence-corrected chi connectivity index (χ0v) is 6.64. The van der Waals surface area contributed by atoms with Crippen LogP contribution < -0.4 is 11.5 Å². The average Bonchev–Trinajstić information content (AvgIpc) is 2.04. The molecule has 6 heteroatoms. The van der Waals surface area contributed by atoms with Gasteiger partial charge in [0.2, 0.25) is 0 Å². The van der Waals surface area contributed by atoms with Gasteiger partial charge in [-0.1, -0.05) is 17.2 Å². The highest BCUT2D eigenvalue weighted by molar-refractivity contribution is 6.02.